The highest BCUT2D eigenvalue weighted by atomic mass is 16.5. The summed E-state index contributed by atoms with van der Waals surface area (Å²) in [7, 11) is 0. The van der Waals surface area contributed by atoms with Crippen LogP contribution in [0, 0.1) is 0 Å². The van der Waals surface area contributed by atoms with Gasteiger partial charge in [-0.1, -0.05) is 30.3 Å². The molecule has 0 saturated carbocycles. The first kappa shape index (κ1) is 15.6. The SMILES string of the molecule is CC(C)(C)OCc1ccccc1.N.O. The van der Waals surface area contributed by atoms with Crippen molar-refractivity contribution in [1.29, 1.82) is 0 Å². The highest BCUT2D eigenvalue weighted by Crippen LogP contribution is 2.10. The molecular weight excluding hydrogens is 178 g/mol. The molecule has 1 rings (SSSR count). The summed E-state index contributed by atoms with van der Waals surface area (Å²) in [5, 5.41) is 0. The van der Waals surface area contributed by atoms with Crippen LogP contribution in [0.15, 0.2) is 30.3 Å². The van der Waals surface area contributed by atoms with Gasteiger partial charge in [0.05, 0.1) is 12.2 Å². The van der Waals surface area contributed by atoms with E-state index in [1.54, 1.807) is 0 Å². The third-order valence-corrected chi connectivity index (χ3v) is 1.51. The van der Waals surface area contributed by atoms with Crippen LogP contribution < -0.4 is 6.15 Å². The molecule has 0 bridgehead atoms. The molecule has 0 aliphatic heterocycles. The fourth-order valence-corrected chi connectivity index (χ4v) is 0.874. The van der Waals surface area contributed by atoms with E-state index in [1.165, 1.54) is 5.56 Å². The molecule has 0 atom stereocenters. The number of benzene rings is 1. The lowest BCUT2D eigenvalue weighted by molar-refractivity contribution is -0.0149. The minimum atomic E-state index is -0.0458. The molecule has 0 radical (unpaired) electrons. The Kier molecular flexibility index (Phi) is 7.27. The number of ether oxygens (including phenoxy) is 1. The molecule has 1 aromatic carbocycles. The fourth-order valence-electron chi connectivity index (χ4n) is 0.874. The van der Waals surface area contributed by atoms with E-state index in [4.69, 9.17) is 4.74 Å². The van der Waals surface area contributed by atoms with Crippen molar-refractivity contribution in [3.8, 4) is 0 Å². The average molecular weight is 199 g/mol. The Morgan fingerprint density at radius 2 is 1.57 bits per heavy atom. The van der Waals surface area contributed by atoms with E-state index in [2.05, 4.69) is 32.9 Å². The molecule has 0 aliphatic carbocycles. The first-order valence-corrected chi connectivity index (χ1v) is 4.26. The van der Waals surface area contributed by atoms with Crippen molar-refractivity contribution in [1.82, 2.24) is 6.15 Å². The monoisotopic (exact) mass is 199 g/mol. The Morgan fingerprint density at radius 1 is 1.07 bits per heavy atom. The summed E-state index contributed by atoms with van der Waals surface area (Å²) in [5.74, 6) is 0. The molecule has 1 aromatic rings. The molecule has 5 N–H and O–H groups in total. The van der Waals surface area contributed by atoms with Crippen LogP contribution in [0.1, 0.15) is 26.3 Å². The summed E-state index contributed by atoms with van der Waals surface area (Å²) in [4.78, 5) is 0. The van der Waals surface area contributed by atoms with E-state index < -0.39 is 0 Å². The van der Waals surface area contributed by atoms with Crippen LogP contribution in [0.5, 0.6) is 0 Å². The van der Waals surface area contributed by atoms with Crippen molar-refractivity contribution in [2.45, 2.75) is 33.0 Å². The predicted octanol–water partition coefficient (Wildman–Crippen LogP) is 2.34. The fraction of sp³-hybridized carbons (Fsp3) is 0.455. The Morgan fingerprint density at radius 3 is 2.00 bits per heavy atom. The maximum absolute atomic E-state index is 5.62. The molecule has 82 valence electrons. The molecule has 0 fully saturated rings. The maximum Gasteiger partial charge on any atom is 0.0724 e. The van der Waals surface area contributed by atoms with Gasteiger partial charge >= 0.3 is 0 Å². The maximum atomic E-state index is 5.62. The molecule has 0 saturated heterocycles. The third-order valence-electron chi connectivity index (χ3n) is 1.51. The van der Waals surface area contributed by atoms with E-state index in [1.807, 2.05) is 18.2 Å². The van der Waals surface area contributed by atoms with Gasteiger partial charge in [0.15, 0.2) is 0 Å². The molecule has 0 aromatic heterocycles. The van der Waals surface area contributed by atoms with Gasteiger partial charge in [-0.25, -0.2) is 0 Å². The van der Waals surface area contributed by atoms with E-state index in [-0.39, 0.29) is 17.2 Å². The lowest BCUT2D eigenvalue weighted by Crippen LogP contribution is -2.18. The first-order valence-electron chi connectivity index (χ1n) is 4.26. The van der Waals surface area contributed by atoms with E-state index in [0.29, 0.717) is 6.61 Å². The van der Waals surface area contributed by atoms with Crippen LogP contribution in [0.2, 0.25) is 0 Å². The van der Waals surface area contributed by atoms with Gasteiger partial charge in [0.25, 0.3) is 0 Å². The molecule has 3 heteroatoms. The average Bonchev–Trinajstić information content (AvgIpc) is 2.02. The van der Waals surface area contributed by atoms with Gasteiger partial charge in [-0.3, -0.25) is 0 Å². The van der Waals surface area contributed by atoms with Gasteiger partial charge in [-0.2, -0.15) is 0 Å². The van der Waals surface area contributed by atoms with Crippen LogP contribution in [0.4, 0.5) is 0 Å². The van der Waals surface area contributed by atoms with E-state index >= 15 is 0 Å². The minimum absolute atomic E-state index is 0. The highest BCUT2D eigenvalue weighted by Gasteiger charge is 2.09. The van der Waals surface area contributed by atoms with E-state index in [9.17, 15) is 0 Å². The predicted molar refractivity (Wildman–Crippen MR) is 59.6 cm³/mol. The Hall–Kier alpha value is -0.900. The lowest BCUT2D eigenvalue weighted by Gasteiger charge is -2.19. The number of hydrogen-bond donors (Lipinski definition) is 1. The van der Waals surface area contributed by atoms with Crippen molar-refractivity contribution in [3.63, 3.8) is 0 Å². The summed E-state index contributed by atoms with van der Waals surface area (Å²) < 4.78 is 5.62. The normalized spacial score (nSPS) is 9.93. The molecule has 3 nitrogen and oxygen atoms in total. The standard InChI is InChI=1S/C11H16O.H3N.H2O/c1-11(2,3)12-9-10-7-5-4-6-8-10;;/h4-8H,9H2,1-3H3;1H3;1H2. The third kappa shape index (κ3) is 6.60. The van der Waals surface area contributed by atoms with Gasteiger partial charge in [0, 0.05) is 0 Å². The second kappa shape index (κ2) is 6.54. The van der Waals surface area contributed by atoms with Crippen molar-refractivity contribution < 1.29 is 10.2 Å². The van der Waals surface area contributed by atoms with Gasteiger partial charge in [0.2, 0.25) is 0 Å². The Balaban J connectivity index is 0. The smallest absolute Gasteiger partial charge is 0.0724 e. The molecule has 0 unspecified atom stereocenters. The second-order valence-electron chi connectivity index (χ2n) is 3.89. The van der Waals surface area contributed by atoms with Gasteiger partial charge in [-0.05, 0) is 26.3 Å². The molecule has 0 amide bonds. The molecule has 0 spiro atoms. The van der Waals surface area contributed by atoms with Crippen molar-refractivity contribution in [2.24, 2.45) is 0 Å². The quantitative estimate of drug-likeness (QED) is 0.793. The highest BCUT2D eigenvalue weighted by molar-refractivity contribution is 5.13. The molecule has 0 aliphatic rings. The van der Waals surface area contributed by atoms with Crippen molar-refractivity contribution in [3.05, 3.63) is 35.9 Å². The van der Waals surface area contributed by atoms with Crippen LogP contribution in [-0.4, -0.2) is 11.1 Å². The zero-order valence-corrected chi connectivity index (χ0v) is 9.21. The lowest BCUT2D eigenvalue weighted by atomic mass is 10.2. The van der Waals surface area contributed by atoms with Crippen LogP contribution in [0.3, 0.4) is 0 Å². The van der Waals surface area contributed by atoms with Gasteiger partial charge in [0.1, 0.15) is 0 Å². The summed E-state index contributed by atoms with van der Waals surface area (Å²) in [6.45, 7) is 6.90. The summed E-state index contributed by atoms with van der Waals surface area (Å²) in [5.41, 5.74) is 1.18. The zero-order valence-electron chi connectivity index (χ0n) is 9.21. The van der Waals surface area contributed by atoms with Crippen molar-refractivity contribution in [2.75, 3.05) is 0 Å². The largest absolute Gasteiger partial charge is 0.412 e. The van der Waals surface area contributed by atoms with E-state index in [0.717, 1.165) is 0 Å². The molecule has 0 heterocycles. The van der Waals surface area contributed by atoms with Crippen LogP contribution in [0.25, 0.3) is 0 Å². The second-order valence-corrected chi connectivity index (χ2v) is 3.89. The number of rotatable bonds is 2. The zero-order chi connectivity index (χ0) is 9.03. The molecular formula is C11H21NO2. The Labute approximate surface area is 86.0 Å². The summed E-state index contributed by atoms with van der Waals surface area (Å²) in [6, 6.07) is 10.2. The van der Waals surface area contributed by atoms with Gasteiger partial charge in [-0.15, -0.1) is 0 Å². The van der Waals surface area contributed by atoms with Crippen LogP contribution >= 0.6 is 0 Å². The first-order chi connectivity index (χ1) is 5.58. The Bertz CT molecular complexity index is 229. The summed E-state index contributed by atoms with van der Waals surface area (Å²) >= 11 is 0. The number of hydrogen-bond acceptors (Lipinski definition) is 2. The minimum Gasteiger partial charge on any atom is -0.412 e. The molecule has 14 heavy (non-hydrogen) atoms. The summed E-state index contributed by atoms with van der Waals surface area (Å²) in [6.07, 6.45) is 0. The van der Waals surface area contributed by atoms with Gasteiger partial charge < -0.3 is 16.4 Å². The van der Waals surface area contributed by atoms with Crippen LogP contribution in [-0.2, 0) is 11.3 Å². The van der Waals surface area contributed by atoms with Crippen molar-refractivity contribution >= 4 is 0 Å². The topological polar surface area (TPSA) is 75.7 Å².